The second-order valence-corrected chi connectivity index (χ2v) is 9.43. The van der Waals surface area contributed by atoms with Crippen molar-refractivity contribution in [3.05, 3.63) is 71.0 Å². The molecule has 0 radical (unpaired) electrons. The summed E-state index contributed by atoms with van der Waals surface area (Å²) >= 11 is 2.52. The Morgan fingerprint density at radius 2 is 1.77 bits per heavy atom. The van der Waals surface area contributed by atoms with Gasteiger partial charge in [-0.15, -0.1) is 20.4 Å². The molecule has 0 saturated heterocycles. The zero-order valence-corrected chi connectivity index (χ0v) is 20.7. The van der Waals surface area contributed by atoms with Gasteiger partial charge in [0, 0.05) is 0 Å². The van der Waals surface area contributed by atoms with E-state index in [0.717, 1.165) is 10.6 Å². The van der Waals surface area contributed by atoms with Crippen LogP contribution in [0.15, 0.2) is 59.8 Å². The summed E-state index contributed by atoms with van der Waals surface area (Å²) in [5.74, 6) is 0.843. The predicted octanol–water partition coefficient (Wildman–Crippen LogP) is 3.03. The number of amides is 2. The maximum absolute atomic E-state index is 12.5. The summed E-state index contributed by atoms with van der Waals surface area (Å²) in [5, 5.41) is 23.7. The highest BCUT2D eigenvalue weighted by molar-refractivity contribution is 7.99. The van der Waals surface area contributed by atoms with E-state index < -0.39 is 0 Å². The summed E-state index contributed by atoms with van der Waals surface area (Å²) in [6, 6.07) is 16.9. The number of methoxy groups -OCH3 is 1. The van der Waals surface area contributed by atoms with Gasteiger partial charge >= 0.3 is 0 Å². The van der Waals surface area contributed by atoms with Gasteiger partial charge in [-0.1, -0.05) is 65.6 Å². The van der Waals surface area contributed by atoms with Crippen molar-refractivity contribution in [2.75, 3.05) is 18.2 Å². The van der Waals surface area contributed by atoms with Gasteiger partial charge in [0.05, 0.1) is 31.5 Å². The van der Waals surface area contributed by atoms with Crippen LogP contribution in [0.4, 0.5) is 5.13 Å². The molecule has 2 N–H and O–H groups in total. The minimum absolute atomic E-state index is 0.0896. The highest BCUT2D eigenvalue weighted by Crippen LogP contribution is 2.28. The molecule has 2 aromatic heterocycles. The van der Waals surface area contributed by atoms with Crippen molar-refractivity contribution in [1.29, 1.82) is 0 Å². The van der Waals surface area contributed by atoms with Crippen molar-refractivity contribution in [3.63, 3.8) is 0 Å². The smallest absolute Gasteiger partial charge is 0.236 e. The van der Waals surface area contributed by atoms with Gasteiger partial charge in [0.1, 0.15) is 10.8 Å². The van der Waals surface area contributed by atoms with Gasteiger partial charge in [-0.25, -0.2) is 0 Å². The zero-order chi connectivity index (χ0) is 24.6. The summed E-state index contributed by atoms with van der Waals surface area (Å²) in [5.41, 5.74) is 1.62. The lowest BCUT2D eigenvalue weighted by Gasteiger charge is -2.14. The summed E-state index contributed by atoms with van der Waals surface area (Å²) in [6.45, 7) is 1.98. The Kier molecular flexibility index (Phi) is 8.06. The first-order valence-electron chi connectivity index (χ1n) is 10.6. The third-order valence-corrected chi connectivity index (χ3v) is 6.47. The molecule has 0 unspecified atom stereocenters. The summed E-state index contributed by atoms with van der Waals surface area (Å²) in [4.78, 5) is 24.9. The molecule has 35 heavy (non-hydrogen) atoms. The van der Waals surface area contributed by atoms with Crippen molar-refractivity contribution >= 4 is 40.0 Å². The zero-order valence-electron chi connectivity index (χ0n) is 19.1. The van der Waals surface area contributed by atoms with Crippen molar-refractivity contribution in [1.82, 2.24) is 30.3 Å². The third kappa shape index (κ3) is 6.43. The number of benzene rings is 2. The van der Waals surface area contributed by atoms with E-state index in [9.17, 15) is 9.59 Å². The monoisotopic (exact) mass is 509 g/mol. The molecule has 0 fully saturated rings. The molecule has 10 nitrogen and oxygen atoms in total. The first-order valence-corrected chi connectivity index (χ1v) is 12.4. The number of hydrogen-bond acceptors (Lipinski definition) is 9. The number of nitrogens with zero attached hydrogens (tertiary/aromatic N) is 5. The molecule has 4 aromatic rings. The predicted molar refractivity (Wildman–Crippen MR) is 134 cm³/mol. The topological polar surface area (TPSA) is 124 Å². The number of carbonyl (C=O) groups excluding carboxylic acids is 2. The van der Waals surface area contributed by atoms with Crippen LogP contribution in [0.25, 0.3) is 5.69 Å². The molecule has 0 atom stereocenters. The lowest BCUT2D eigenvalue weighted by Crippen LogP contribution is -2.26. The number of hydrogen-bond donors (Lipinski definition) is 2. The van der Waals surface area contributed by atoms with Crippen LogP contribution in [-0.2, 0) is 22.6 Å². The average molecular weight is 510 g/mol. The molecule has 4 rings (SSSR count). The number of carbonyl (C=O) groups is 2. The molecule has 0 aliphatic carbocycles. The van der Waals surface area contributed by atoms with Crippen molar-refractivity contribution < 1.29 is 14.3 Å². The Hall–Kier alpha value is -3.77. The van der Waals surface area contributed by atoms with Crippen LogP contribution < -0.4 is 15.4 Å². The summed E-state index contributed by atoms with van der Waals surface area (Å²) in [6.07, 6.45) is 0.260. The molecule has 0 aliphatic heterocycles. The molecule has 2 aromatic carbocycles. The lowest BCUT2D eigenvalue weighted by molar-refractivity contribution is -0.120. The molecular weight excluding hydrogens is 486 g/mol. The van der Waals surface area contributed by atoms with E-state index in [0.29, 0.717) is 27.5 Å². The molecule has 0 saturated carbocycles. The van der Waals surface area contributed by atoms with E-state index in [2.05, 4.69) is 31.0 Å². The molecule has 12 heteroatoms. The van der Waals surface area contributed by atoms with Crippen molar-refractivity contribution in [3.8, 4) is 11.4 Å². The summed E-state index contributed by atoms with van der Waals surface area (Å²) in [7, 11) is 1.58. The highest BCUT2D eigenvalue weighted by atomic mass is 32.2. The normalized spacial score (nSPS) is 10.7. The molecule has 2 amide bonds. The van der Waals surface area contributed by atoms with Gasteiger partial charge < -0.3 is 10.1 Å². The number of nitrogens with one attached hydrogen (secondary N) is 2. The van der Waals surface area contributed by atoms with Crippen molar-refractivity contribution in [2.45, 2.75) is 25.0 Å². The Morgan fingerprint density at radius 3 is 2.51 bits per heavy atom. The minimum atomic E-state index is -0.238. The molecule has 180 valence electrons. The van der Waals surface area contributed by atoms with E-state index >= 15 is 0 Å². The van der Waals surface area contributed by atoms with Gasteiger partial charge in [-0.05, 0) is 24.6 Å². The summed E-state index contributed by atoms with van der Waals surface area (Å²) < 4.78 is 7.31. The van der Waals surface area contributed by atoms with Crippen LogP contribution in [0, 0.1) is 6.92 Å². The van der Waals surface area contributed by atoms with E-state index in [1.165, 1.54) is 23.1 Å². The highest BCUT2D eigenvalue weighted by Gasteiger charge is 2.19. The number of anilines is 1. The van der Waals surface area contributed by atoms with Crippen LogP contribution in [-0.4, -0.2) is 49.6 Å². The third-order valence-electron chi connectivity index (χ3n) is 4.78. The quantitative estimate of drug-likeness (QED) is 0.313. The van der Waals surface area contributed by atoms with Crippen molar-refractivity contribution in [2.24, 2.45) is 0 Å². The molecular formula is C23H23N7O3S2. The van der Waals surface area contributed by atoms with Crippen LogP contribution in [0.2, 0.25) is 0 Å². The van der Waals surface area contributed by atoms with E-state index in [-0.39, 0.29) is 30.5 Å². The lowest BCUT2D eigenvalue weighted by atomic mass is 10.1. The van der Waals surface area contributed by atoms with Crippen LogP contribution in [0.1, 0.15) is 16.4 Å². The molecule has 0 bridgehead atoms. The number of ether oxygens (including phenoxy) is 1. The van der Waals surface area contributed by atoms with Gasteiger partial charge in [0.25, 0.3) is 0 Å². The molecule has 0 aliphatic rings. The Bertz CT molecular complexity index is 1310. The Labute approximate surface area is 210 Å². The SMILES string of the molecule is COc1ccccc1-n1c(CNC(=O)Cc2ccccc2)nnc1SCC(=O)Nc1nnc(C)s1. The second kappa shape index (κ2) is 11.6. The van der Waals surface area contributed by atoms with Crippen LogP contribution >= 0.6 is 23.1 Å². The number of rotatable bonds is 10. The minimum Gasteiger partial charge on any atom is -0.495 e. The number of aryl methyl sites for hydroxylation is 1. The standard InChI is InChI=1S/C23H23N7O3S2/c1-15-26-28-22(35-15)25-21(32)14-34-23-29-27-19(30(23)17-10-6-7-11-18(17)33-2)13-24-20(31)12-16-8-4-3-5-9-16/h3-11H,12-14H2,1-2H3,(H,24,31)(H,25,28,32). The molecule has 0 spiro atoms. The molecule has 2 heterocycles. The fourth-order valence-electron chi connectivity index (χ4n) is 3.22. The first-order chi connectivity index (χ1) is 17.0. The van der Waals surface area contributed by atoms with Gasteiger partial charge in [-0.3, -0.25) is 19.5 Å². The average Bonchev–Trinajstić information content (AvgIpc) is 3.47. The maximum Gasteiger partial charge on any atom is 0.236 e. The second-order valence-electron chi connectivity index (χ2n) is 7.31. The number of thioether (sulfide) groups is 1. The van der Waals surface area contributed by atoms with E-state index in [1.807, 2.05) is 61.5 Å². The Morgan fingerprint density at radius 1 is 1.00 bits per heavy atom. The largest absolute Gasteiger partial charge is 0.495 e. The Balaban J connectivity index is 1.50. The van der Waals surface area contributed by atoms with E-state index in [1.54, 1.807) is 11.7 Å². The number of aromatic nitrogens is 5. The van der Waals surface area contributed by atoms with Gasteiger partial charge in [-0.2, -0.15) is 0 Å². The first kappa shape index (κ1) is 24.4. The maximum atomic E-state index is 12.5. The van der Waals surface area contributed by atoms with E-state index in [4.69, 9.17) is 4.74 Å². The van der Waals surface area contributed by atoms with Crippen LogP contribution in [0.3, 0.4) is 0 Å². The van der Waals surface area contributed by atoms with Gasteiger partial charge in [0.2, 0.25) is 16.9 Å². The van der Waals surface area contributed by atoms with Crippen LogP contribution in [0.5, 0.6) is 5.75 Å². The fraction of sp³-hybridized carbons (Fsp3) is 0.217. The fourth-order valence-corrected chi connectivity index (χ4v) is 4.59. The number of para-hydroxylation sites is 2. The van der Waals surface area contributed by atoms with Gasteiger partial charge in [0.15, 0.2) is 11.0 Å².